The van der Waals surface area contributed by atoms with Gasteiger partial charge >= 0.3 is 0 Å². The van der Waals surface area contributed by atoms with Crippen molar-refractivity contribution in [1.29, 1.82) is 0 Å². The third-order valence-corrected chi connectivity index (χ3v) is 3.61. The van der Waals surface area contributed by atoms with Gasteiger partial charge in [-0.25, -0.2) is 4.89 Å². The summed E-state index contributed by atoms with van der Waals surface area (Å²) in [5, 5.41) is 8.80. The summed E-state index contributed by atoms with van der Waals surface area (Å²) in [7, 11) is 1.71. The molecule has 0 aliphatic rings. The maximum absolute atomic E-state index is 8.80. The van der Waals surface area contributed by atoms with Crippen molar-refractivity contribution in [3.8, 4) is 0 Å². The Bertz CT molecular complexity index is 318. The fraction of sp³-hybridized carbons (Fsp3) is 0.600. The topological polar surface area (TPSA) is 38.7 Å². The van der Waals surface area contributed by atoms with Crippen molar-refractivity contribution < 1.29 is 56.2 Å². The van der Waals surface area contributed by atoms with E-state index in [4.69, 9.17) is 9.99 Å². The first-order valence-corrected chi connectivity index (χ1v) is 6.54. The molecule has 3 atom stereocenters. The van der Waals surface area contributed by atoms with Crippen LogP contribution >= 0.6 is 0 Å². The largest absolute Gasteiger partial charge is 0.384 e. The van der Waals surface area contributed by atoms with Gasteiger partial charge in [-0.3, -0.25) is 5.26 Å². The van der Waals surface area contributed by atoms with Gasteiger partial charge in [-0.2, -0.15) is 0 Å². The monoisotopic (exact) mass is 393 g/mol. The molecule has 105 valence electrons. The van der Waals surface area contributed by atoms with E-state index in [1.807, 2.05) is 6.07 Å². The van der Waals surface area contributed by atoms with Crippen molar-refractivity contribution in [2.75, 3.05) is 20.3 Å². The normalized spacial score (nSPS) is 15.4. The van der Waals surface area contributed by atoms with Crippen LogP contribution in [0.15, 0.2) is 30.3 Å². The first-order chi connectivity index (χ1) is 8.74. The van der Waals surface area contributed by atoms with Crippen LogP contribution in [0.3, 0.4) is 0 Å². The van der Waals surface area contributed by atoms with E-state index >= 15 is 0 Å². The first kappa shape index (κ1) is 19.5. The minimum Gasteiger partial charge on any atom is -0.384 e. The van der Waals surface area contributed by atoms with Crippen LogP contribution in [0.5, 0.6) is 0 Å². The van der Waals surface area contributed by atoms with E-state index < -0.39 is 0 Å². The predicted molar refractivity (Wildman–Crippen MR) is 72.6 cm³/mol. The van der Waals surface area contributed by atoms with E-state index in [0.29, 0.717) is 25.0 Å². The number of methoxy groups -OCH3 is 1. The maximum atomic E-state index is 8.80. The molecule has 0 saturated carbocycles. The van der Waals surface area contributed by atoms with E-state index in [-0.39, 0.29) is 47.2 Å². The van der Waals surface area contributed by atoms with E-state index in [9.17, 15) is 0 Å². The summed E-state index contributed by atoms with van der Waals surface area (Å²) in [5.74, 6) is 0.971. The summed E-state index contributed by atoms with van der Waals surface area (Å²) in [6.07, 6.45) is 1.02. The summed E-state index contributed by atoms with van der Waals surface area (Å²) in [6.45, 7) is 5.33. The molecule has 0 saturated heterocycles. The van der Waals surface area contributed by atoms with Crippen molar-refractivity contribution in [2.24, 2.45) is 11.8 Å². The van der Waals surface area contributed by atoms with E-state index in [0.717, 1.165) is 6.42 Å². The Morgan fingerprint density at radius 3 is 2.26 bits per heavy atom. The molecule has 1 radical (unpaired) electrons. The van der Waals surface area contributed by atoms with Gasteiger partial charge in [-0.1, -0.05) is 44.2 Å². The number of rotatable bonds is 8. The number of benzene rings is 1. The standard InChI is InChI=1S/C15H24O3.Pr/c1-4-14(13-8-6-5-7-9-13)15(11-18-16)12(2)10-17-3;/h5-9,12,14-16H,4,10-11H2,1-3H3;. The zero-order valence-corrected chi connectivity index (χ0v) is 15.8. The molecule has 0 aliphatic carbocycles. The smallest absolute Gasteiger partial charge is 0.0857 e. The Balaban J connectivity index is 0.00000324. The predicted octanol–water partition coefficient (Wildman–Crippen LogP) is 3.57. The molecule has 3 unspecified atom stereocenters. The third-order valence-electron chi connectivity index (χ3n) is 3.61. The van der Waals surface area contributed by atoms with E-state index in [2.05, 4.69) is 43.0 Å². The SMILES string of the molecule is CCC(c1ccccc1)C(COO)C(C)COC.[Pr]. The van der Waals surface area contributed by atoms with Crippen LogP contribution in [-0.4, -0.2) is 25.6 Å². The van der Waals surface area contributed by atoms with Crippen molar-refractivity contribution in [3.63, 3.8) is 0 Å². The molecular weight excluding hydrogens is 369 g/mol. The molecule has 1 N–H and O–H groups in total. The fourth-order valence-corrected chi connectivity index (χ4v) is 2.64. The molecule has 0 bridgehead atoms. The second-order valence-electron chi connectivity index (χ2n) is 4.82. The quantitative estimate of drug-likeness (QED) is 0.542. The summed E-state index contributed by atoms with van der Waals surface area (Å²) >= 11 is 0. The molecule has 0 aromatic heterocycles. The van der Waals surface area contributed by atoms with E-state index in [1.165, 1.54) is 5.56 Å². The zero-order chi connectivity index (χ0) is 13.4. The minimum absolute atomic E-state index is 0. The first-order valence-electron chi connectivity index (χ1n) is 6.54. The number of ether oxygens (including phenoxy) is 1. The van der Waals surface area contributed by atoms with Gasteiger partial charge in [0.15, 0.2) is 0 Å². The molecular formula is C15H24O3Pr. The zero-order valence-electron chi connectivity index (χ0n) is 12.1. The van der Waals surface area contributed by atoms with Gasteiger partial charge in [0.25, 0.3) is 0 Å². The number of hydrogen-bond acceptors (Lipinski definition) is 3. The average molecular weight is 393 g/mol. The Hall–Kier alpha value is 0.464. The fourth-order valence-electron chi connectivity index (χ4n) is 2.64. The van der Waals surface area contributed by atoms with Gasteiger partial charge in [-0.15, -0.1) is 0 Å². The second kappa shape index (κ2) is 11.2. The van der Waals surface area contributed by atoms with Crippen molar-refractivity contribution in [1.82, 2.24) is 0 Å². The van der Waals surface area contributed by atoms with Crippen LogP contribution in [0.1, 0.15) is 31.7 Å². The Morgan fingerprint density at radius 1 is 1.16 bits per heavy atom. The average Bonchev–Trinajstić information content (AvgIpc) is 2.40. The third kappa shape index (κ3) is 6.18. The maximum Gasteiger partial charge on any atom is 0.0857 e. The van der Waals surface area contributed by atoms with Crippen molar-refractivity contribution >= 4 is 0 Å². The molecule has 3 nitrogen and oxygen atoms in total. The Labute approximate surface area is 149 Å². The van der Waals surface area contributed by atoms with Gasteiger partial charge in [0, 0.05) is 55.0 Å². The van der Waals surface area contributed by atoms with Gasteiger partial charge in [0.2, 0.25) is 0 Å². The summed E-state index contributed by atoms with van der Waals surface area (Å²) in [5.41, 5.74) is 1.30. The van der Waals surface area contributed by atoms with Crippen LogP contribution in [0.4, 0.5) is 0 Å². The molecule has 1 aromatic carbocycles. The van der Waals surface area contributed by atoms with Gasteiger partial charge in [0.1, 0.15) is 0 Å². The molecule has 0 spiro atoms. The summed E-state index contributed by atoms with van der Waals surface area (Å²) in [4.78, 5) is 4.42. The van der Waals surface area contributed by atoms with Crippen LogP contribution < -0.4 is 0 Å². The minimum atomic E-state index is 0. The van der Waals surface area contributed by atoms with Crippen molar-refractivity contribution in [3.05, 3.63) is 35.9 Å². The number of hydrogen-bond donors (Lipinski definition) is 1. The van der Waals surface area contributed by atoms with E-state index in [1.54, 1.807) is 7.11 Å². The summed E-state index contributed by atoms with van der Waals surface area (Å²) in [6, 6.07) is 10.4. The Kier molecular flexibility index (Phi) is 11.4. The van der Waals surface area contributed by atoms with Gasteiger partial charge in [0.05, 0.1) is 6.61 Å². The molecule has 0 amide bonds. The second-order valence-corrected chi connectivity index (χ2v) is 4.82. The molecule has 0 heterocycles. The van der Waals surface area contributed by atoms with Crippen LogP contribution in [0, 0.1) is 53.1 Å². The Morgan fingerprint density at radius 2 is 1.79 bits per heavy atom. The van der Waals surface area contributed by atoms with Gasteiger partial charge in [-0.05, 0) is 29.7 Å². The molecule has 4 heteroatoms. The molecule has 19 heavy (non-hydrogen) atoms. The van der Waals surface area contributed by atoms with Crippen molar-refractivity contribution in [2.45, 2.75) is 26.2 Å². The molecule has 1 aromatic rings. The van der Waals surface area contributed by atoms with Crippen LogP contribution in [0.2, 0.25) is 0 Å². The molecule has 0 fully saturated rings. The van der Waals surface area contributed by atoms with Gasteiger partial charge < -0.3 is 4.74 Å². The summed E-state index contributed by atoms with van der Waals surface area (Å²) < 4.78 is 5.22. The van der Waals surface area contributed by atoms with Crippen LogP contribution in [0.25, 0.3) is 0 Å². The van der Waals surface area contributed by atoms with Crippen LogP contribution in [-0.2, 0) is 9.62 Å². The molecule has 0 aliphatic heterocycles. The molecule has 1 rings (SSSR count).